The number of carbonyl (C=O) groups is 2. The van der Waals surface area contributed by atoms with E-state index in [4.69, 9.17) is 5.11 Å². The van der Waals surface area contributed by atoms with Crippen LogP contribution in [-0.4, -0.2) is 36.6 Å². The minimum Gasteiger partial charge on any atom is -0.396 e. The van der Waals surface area contributed by atoms with Crippen molar-refractivity contribution in [2.45, 2.75) is 32.6 Å². The number of hydrogen-bond donors (Lipinski definition) is 3. The van der Waals surface area contributed by atoms with E-state index < -0.39 is 0 Å². The minimum atomic E-state index is -0.0623. The first-order valence-electron chi connectivity index (χ1n) is 5.35. The number of unbranched alkanes of at least 4 members (excludes halogenated alkanes) is 1. The standard InChI is InChI=1S/C10H20N2O3/c1-2-11-10(15)6-7-12-9(14)5-3-4-8-13/h13H,2-8H2,1H3,(H,11,15)(H,12,14). The zero-order valence-corrected chi connectivity index (χ0v) is 9.21. The van der Waals surface area contributed by atoms with E-state index in [0.29, 0.717) is 38.8 Å². The largest absolute Gasteiger partial charge is 0.396 e. The first-order chi connectivity index (χ1) is 7.20. The minimum absolute atomic E-state index is 0.0480. The molecule has 0 aromatic heterocycles. The van der Waals surface area contributed by atoms with Gasteiger partial charge in [0.25, 0.3) is 0 Å². The van der Waals surface area contributed by atoms with Crippen LogP contribution in [0.5, 0.6) is 0 Å². The lowest BCUT2D eigenvalue weighted by Crippen LogP contribution is -2.30. The van der Waals surface area contributed by atoms with Gasteiger partial charge in [-0.05, 0) is 19.8 Å². The second kappa shape index (κ2) is 9.45. The molecule has 0 unspecified atom stereocenters. The number of rotatable bonds is 8. The molecule has 5 heteroatoms. The fraction of sp³-hybridized carbons (Fsp3) is 0.800. The Bertz CT molecular complexity index is 195. The van der Waals surface area contributed by atoms with E-state index in [1.165, 1.54) is 0 Å². The molecule has 0 aliphatic heterocycles. The van der Waals surface area contributed by atoms with E-state index in [2.05, 4.69) is 10.6 Å². The molecule has 0 saturated carbocycles. The van der Waals surface area contributed by atoms with Crippen LogP contribution in [0.2, 0.25) is 0 Å². The molecular formula is C10H20N2O3. The van der Waals surface area contributed by atoms with Crippen LogP contribution in [0.3, 0.4) is 0 Å². The summed E-state index contributed by atoms with van der Waals surface area (Å²) in [6.45, 7) is 2.96. The fourth-order valence-electron chi connectivity index (χ4n) is 1.09. The van der Waals surface area contributed by atoms with Crippen LogP contribution < -0.4 is 10.6 Å². The summed E-state index contributed by atoms with van der Waals surface area (Å²) >= 11 is 0. The maximum Gasteiger partial charge on any atom is 0.221 e. The number of carbonyl (C=O) groups excluding carboxylic acids is 2. The van der Waals surface area contributed by atoms with Gasteiger partial charge in [-0.2, -0.15) is 0 Å². The predicted octanol–water partition coefficient (Wildman–Crippen LogP) is -0.209. The molecule has 0 radical (unpaired) electrons. The van der Waals surface area contributed by atoms with Crippen molar-refractivity contribution in [3.8, 4) is 0 Å². The van der Waals surface area contributed by atoms with E-state index in [9.17, 15) is 9.59 Å². The average Bonchev–Trinajstić information content (AvgIpc) is 2.18. The monoisotopic (exact) mass is 216 g/mol. The smallest absolute Gasteiger partial charge is 0.221 e. The highest BCUT2D eigenvalue weighted by Crippen LogP contribution is 1.93. The Balaban J connectivity index is 3.34. The third-order valence-corrected chi connectivity index (χ3v) is 1.86. The van der Waals surface area contributed by atoms with Crippen LogP contribution in [-0.2, 0) is 9.59 Å². The highest BCUT2D eigenvalue weighted by Gasteiger charge is 2.02. The molecule has 0 fully saturated rings. The summed E-state index contributed by atoms with van der Waals surface area (Å²) in [5, 5.41) is 13.8. The van der Waals surface area contributed by atoms with E-state index >= 15 is 0 Å². The number of hydrogen-bond acceptors (Lipinski definition) is 3. The summed E-state index contributed by atoms with van der Waals surface area (Å²) in [4.78, 5) is 22.1. The molecule has 0 heterocycles. The van der Waals surface area contributed by atoms with Gasteiger partial charge >= 0.3 is 0 Å². The molecule has 3 N–H and O–H groups in total. The maximum atomic E-state index is 11.1. The lowest BCUT2D eigenvalue weighted by molar-refractivity contribution is -0.122. The van der Waals surface area contributed by atoms with Crippen LogP contribution in [0.1, 0.15) is 32.6 Å². The van der Waals surface area contributed by atoms with Gasteiger partial charge in [0.05, 0.1) is 0 Å². The molecule has 0 rings (SSSR count). The van der Waals surface area contributed by atoms with Gasteiger partial charge in [0, 0.05) is 32.5 Å². The number of aliphatic hydroxyl groups excluding tert-OH is 1. The van der Waals surface area contributed by atoms with E-state index in [0.717, 1.165) is 0 Å². The molecular weight excluding hydrogens is 196 g/mol. The van der Waals surface area contributed by atoms with Crippen LogP contribution in [0, 0.1) is 0 Å². The number of nitrogens with one attached hydrogen (secondary N) is 2. The molecule has 0 spiro atoms. The van der Waals surface area contributed by atoms with Gasteiger partial charge in [0.15, 0.2) is 0 Å². The Kier molecular flexibility index (Phi) is 8.76. The Morgan fingerprint density at radius 2 is 1.73 bits per heavy atom. The number of aliphatic hydroxyl groups is 1. The highest BCUT2D eigenvalue weighted by atomic mass is 16.3. The zero-order valence-electron chi connectivity index (χ0n) is 9.21. The van der Waals surface area contributed by atoms with Crippen molar-refractivity contribution >= 4 is 11.8 Å². The highest BCUT2D eigenvalue weighted by molar-refractivity contribution is 5.78. The molecule has 0 aromatic carbocycles. The van der Waals surface area contributed by atoms with Crippen molar-refractivity contribution in [2.24, 2.45) is 0 Å². The SMILES string of the molecule is CCNC(=O)CCNC(=O)CCCCO. The third-order valence-electron chi connectivity index (χ3n) is 1.86. The molecule has 0 bridgehead atoms. The van der Waals surface area contributed by atoms with Crippen LogP contribution >= 0.6 is 0 Å². The molecule has 0 aliphatic carbocycles. The van der Waals surface area contributed by atoms with E-state index in [1.807, 2.05) is 6.92 Å². The summed E-state index contributed by atoms with van der Waals surface area (Å²) < 4.78 is 0. The molecule has 5 nitrogen and oxygen atoms in total. The Morgan fingerprint density at radius 1 is 1.07 bits per heavy atom. The molecule has 0 saturated heterocycles. The normalized spacial score (nSPS) is 9.73. The van der Waals surface area contributed by atoms with Gasteiger partial charge in [-0.25, -0.2) is 0 Å². The van der Waals surface area contributed by atoms with Crippen molar-refractivity contribution in [1.29, 1.82) is 0 Å². The Morgan fingerprint density at radius 3 is 2.33 bits per heavy atom. The second-order valence-electron chi connectivity index (χ2n) is 3.23. The van der Waals surface area contributed by atoms with Crippen LogP contribution in [0.4, 0.5) is 0 Å². The van der Waals surface area contributed by atoms with Gasteiger partial charge in [-0.1, -0.05) is 0 Å². The summed E-state index contributed by atoms with van der Waals surface area (Å²) in [6, 6.07) is 0. The summed E-state index contributed by atoms with van der Waals surface area (Å²) in [7, 11) is 0. The molecule has 0 atom stereocenters. The first-order valence-corrected chi connectivity index (χ1v) is 5.35. The third kappa shape index (κ3) is 9.21. The maximum absolute atomic E-state index is 11.1. The molecule has 2 amide bonds. The lowest BCUT2D eigenvalue weighted by Gasteiger charge is -2.04. The molecule has 0 aromatic rings. The summed E-state index contributed by atoms with van der Waals surface area (Å²) in [5.74, 6) is -0.110. The fourth-order valence-corrected chi connectivity index (χ4v) is 1.09. The van der Waals surface area contributed by atoms with Crippen molar-refractivity contribution in [2.75, 3.05) is 19.7 Å². The van der Waals surface area contributed by atoms with Crippen LogP contribution in [0.25, 0.3) is 0 Å². The Labute approximate surface area is 90.2 Å². The second-order valence-corrected chi connectivity index (χ2v) is 3.23. The van der Waals surface area contributed by atoms with Crippen molar-refractivity contribution in [1.82, 2.24) is 10.6 Å². The van der Waals surface area contributed by atoms with Crippen molar-refractivity contribution in [3.63, 3.8) is 0 Å². The Hall–Kier alpha value is -1.10. The quantitative estimate of drug-likeness (QED) is 0.491. The topological polar surface area (TPSA) is 78.4 Å². The molecule has 0 aliphatic rings. The average molecular weight is 216 g/mol. The number of amides is 2. The predicted molar refractivity (Wildman–Crippen MR) is 57.2 cm³/mol. The van der Waals surface area contributed by atoms with Gasteiger partial charge in [-0.15, -0.1) is 0 Å². The zero-order chi connectivity index (χ0) is 11.5. The summed E-state index contributed by atoms with van der Waals surface area (Å²) in [6.07, 6.45) is 2.06. The van der Waals surface area contributed by atoms with E-state index in [-0.39, 0.29) is 18.4 Å². The summed E-state index contributed by atoms with van der Waals surface area (Å²) in [5.41, 5.74) is 0. The van der Waals surface area contributed by atoms with Crippen molar-refractivity contribution in [3.05, 3.63) is 0 Å². The molecule has 15 heavy (non-hydrogen) atoms. The van der Waals surface area contributed by atoms with Gasteiger partial charge < -0.3 is 15.7 Å². The molecule has 88 valence electrons. The van der Waals surface area contributed by atoms with E-state index in [1.54, 1.807) is 0 Å². The van der Waals surface area contributed by atoms with Gasteiger partial charge in [0.2, 0.25) is 11.8 Å². The van der Waals surface area contributed by atoms with Gasteiger partial charge in [0.1, 0.15) is 0 Å². The van der Waals surface area contributed by atoms with Crippen LogP contribution in [0.15, 0.2) is 0 Å². The first kappa shape index (κ1) is 13.9. The lowest BCUT2D eigenvalue weighted by atomic mass is 10.2. The van der Waals surface area contributed by atoms with Gasteiger partial charge in [-0.3, -0.25) is 9.59 Å². The van der Waals surface area contributed by atoms with Crippen molar-refractivity contribution < 1.29 is 14.7 Å².